The fraction of sp³-hybridized carbons (Fsp3) is 0.600. The molecule has 1 aromatic carbocycles. The molecular weight excluding hydrogens is 314 g/mol. The standard InChI is InChI=1S/C20H29N3O2/c24-17-22-14-12-21(13-15-22)9-8-20(25)23-10-6-19(7-11-23)16-18-4-2-1-3-5-18/h1-5,17,19H,6-16H2. The van der Waals surface area contributed by atoms with Crippen molar-refractivity contribution in [3.8, 4) is 0 Å². The third-order valence-electron chi connectivity index (χ3n) is 5.53. The fourth-order valence-electron chi connectivity index (χ4n) is 3.84. The number of benzene rings is 1. The number of nitrogens with zero attached hydrogens (tertiary/aromatic N) is 3. The van der Waals surface area contributed by atoms with Crippen LogP contribution in [0.15, 0.2) is 30.3 Å². The lowest BCUT2D eigenvalue weighted by Gasteiger charge is -2.34. The summed E-state index contributed by atoms with van der Waals surface area (Å²) in [4.78, 5) is 29.3. The molecule has 2 amide bonds. The van der Waals surface area contributed by atoms with Gasteiger partial charge in [0.2, 0.25) is 12.3 Å². The number of carbonyl (C=O) groups is 2. The van der Waals surface area contributed by atoms with Crippen LogP contribution in [0.1, 0.15) is 24.8 Å². The maximum Gasteiger partial charge on any atom is 0.223 e. The third kappa shape index (κ3) is 5.30. The summed E-state index contributed by atoms with van der Waals surface area (Å²) >= 11 is 0. The number of amides is 2. The third-order valence-corrected chi connectivity index (χ3v) is 5.53. The Morgan fingerprint density at radius 3 is 2.32 bits per heavy atom. The minimum atomic E-state index is 0.288. The van der Waals surface area contributed by atoms with Crippen molar-refractivity contribution in [1.82, 2.24) is 14.7 Å². The molecule has 2 aliphatic rings. The van der Waals surface area contributed by atoms with E-state index in [2.05, 4.69) is 35.2 Å². The molecule has 0 aromatic heterocycles. The van der Waals surface area contributed by atoms with E-state index in [0.29, 0.717) is 12.3 Å². The minimum absolute atomic E-state index is 0.288. The van der Waals surface area contributed by atoms with E-state index >= 15 is 0 Å². The molecule has 0 aliphatic carbocycles. The van der Waals surface area contributed by atoms with Crippen molar-refractivity contribution in [1.29, 1.82) is 0 Å². The fourth-order valence-corrected chi connectivity index (χ4v) is 3.84. The predicted octanol–water partition coefficient (Wildman–Crippen LogP) is 1.63. The highest BCUT2D eigenvalue weighted by molar-refractivity contribution is 5.76. The molecule has 1 aromatic rings. The molecule has 0 bridgehead atoms. The van der Waals surface area contributed by atoms with Crippen molar-refractivity contribution < 1.29 is 9.59 Å². The topological polar surface area (TPSA) is 43.9 Å². The highest BCUT2D eigenvalue weighted by Gasteiger charge is 2.23. The van der Waals surface area contributed by atoms with E-state index < -0.39 is 0 Å². The molecule has 5 heteroatoms. The molecule has 0 N–H and O–H groups in total. The zero-order valence-corrected chi connectivity index (χ0v) is 15.0. The van der Waals surface area contributed by atoms with E-state index in [4.69, 9.17) is 0 Å². The Hall–Kier alpha value is -1.88. The molecule has 2 saturated heterocycles. The average Bonchev–Trinajstić information content (AvgIpc) is 2.68. The summed E-state index contributed by atoms with van der Waals surface area (Å²) in [6.07, 6.45) is 4.87. The second-order valence-corrected chi connectivity index (χ2v) is 7.25. The van der Waals surface area contributed by atoms with Crippen LogP contribution in [0.5, 0.6) is 0 Å². The Morgan fingerprint density at radius 2 is 1.68 bits per heavy atom. The van der Waals surface area contributed by atoms with Gasteiger partial charge >= 0.3 is 0 Å². The molecule has 0 spiro atoms. The van der Waals surface area contributed by atoms with E-state index in [1.165, 1.54) is 5.56 Å². The molecule has 0 unspecified atom stereocenters. The molecule has 0 atom stereocenters. The van der Waals surface area contributed by atoms with Gasteiger partial charge in [0.1, 0.15) is 0 Å². The van der Waals surface area contributed by atoms with Crippen LogP contribution >= 0.6 is 0 Å². The quantitative estimate of drug-likeness (QED) is 0.738. The lowest BCUT2D eigenvalue weighted by Crippen LogP contribution is -2.47. The highest BCUT2D eigenvalue weighted by Crippen LogP contribution is 2.22. The number of hydrogen-bond donors (Lipinski definition) is 0. The normalized spacial score (nSPS) is 19.8. The Labute approximate surface area is 150 Å². The van der Waals surface area contributed by atoms with Crippen molar-refractivity contribution in [2.45, 2.75) is 25.7 Å². The van der Waals surface area contributed by atoms with Crippen LogP contribution in [0.2, 0.25) is 0 Å². The van der Waals surface area contributed by atoms with Gasteiger partial charge in [-0.3, -0.25) is 14.5 Å². The van der Waals surface area contributed by atoms with Crippen molar-refractivity contribution in [2.75, 3.05) is 45.8 Å². The summed E-state index contributed by atoms with van der Waals surface area (Å²) in [7, 11) is 0. The van der Waals surface area contributed by atoms with Crippen LogP contribution in [0.4, 0.5) is 0 Å². The molecule has 3 rings (SSSR count). The van der Waals surface area contributed by atoms with Gasteiger partial charge in [0.15, 0.2) is 0 Å². The average molecular weight is 343 g/mol. The number of carbonyl (C=O) groups excluding carboxylic acids is 2. The number of hydrogen-bond acceptors (Lipinski definition) is 3. The molecule has 2 fully saturated rings. The summed E-state index contributed by atoms with van der Waals surface area (Å²) in [5.74, 6) is 0.985. The Morgan fingerprint density at radius 1 is 1.00 bits per heavy atom. The molecule has 0 saturated carbocycles. The van der Waals surface area contributed by atoms with Gasteiger partial charge in [-0.25, -0.2) is 0 Å². The number of piperazine rings is 1. The van der Waals surface area contributed by atoms with Crippen molar-refractivity contribution in [3.63, 3.8) is 0 Å². The van der Waals surface area contributed by atoms with E-state index in [1.807, 2.05) is 4.90 Å². The zero-order valence-electron chi connectivity index (χ0n) is 15.0. The van der Waals surface area contributed by atoms with Crippen LogP contribution in [-0.2, 0) is 16.0 Å². The SMILES string of the molecule is O=CN1CCN(CCC(=O)N2CCC(Cc3ccccc3)CC2)CC1. The Balaban J connectivity index is 1.35. The second kappa shape index (κ2) is 8.99. The highest BCUT2D eigenvalue weighted by atomic mass is 16.2. The monoisotopic (exact) mass is 343 g/mol. The zero-order chi connectivity index (χ0) is 17.5. The molecular formula is C20H29N3O2. The lowest BCUT2D eigenvalue weighted by atomic mass is 9.90. The van der Waals surface area contributed by atoms with Crippen LogP contribution in [0, 0.1) is 5.92 Å². The summed E-state index contributed by atoms with van der Waals surface area (Å²) in [6.45, 7) is 5.93. The lowest BCUT2D eigenvalue weighted by molar-refractivity contribution is -0.133. The first-order chi connectivity index (χ1) is 12.2. The second-order valence-electron chi connectivity index (χ2n) is 7.25. The molecule has 136 valence electrons. The van der Waals surface area contributed by atoms with Crippen molar-refractivity contribution in [3.05, 3.63) is 35.9 Å². The first-order valence-corrected chi connectivity index (χ1v) is 9.48. The number of rotatable bonds is 6. The van der Waals surface area contributed by atoms with Crippen LogP contribution < -0.4 is 0 Å². The van der Waals surface area contributed by atoms with Gasteiger partial charge in [-0.15, -0.1) is 0 Å². The molecule has 0 radical (unpaired) electrons. The van der Waals surface area contributed by atoms with E-state index in [-0.39, 0.29) is 5.91 Å². The van der Waals surface area contributed by atoms with Gasteiger partial charge in [0, 0.05) is 52.2 Å². The van der Waals surface area contributed by atoms with Gasteiger partial charge in [-0.05, 0) is 30.7 Å². The summed E-state index contributed by atoms with van der Waals surface area (Å²) in [5.41, 5.74) is 1.40. The van der Waals surface area contributed by atoms with Gasteiger partial charge in [-0.1, -0.05) is 30.3 Å². The predicted molar refractivity (Wildman–Crippen MR) is 98.1 cm³/mol. The van der Waals surface area contributed by atoms with Crippen LogP contribution in [0.3, 0.4) is 0 Å². The maximum atomic E-state index is 12.5. The van der Waals surface area contributed by atoms with Crippen molar-refractivity contribution >= 4 is 12.3 Å². The van der Waals surface area contributed by atoms with Gasteiger partial charge < -0.3 is 9.80 Å². The largest absolute Gasteiger partial charge is 0.343 e. The summed E-state index contributed by atoms with van der Waals surface area (Å²) < 4.78 is 0. The molecule has 25 heavy (non-hydrogen) atoms. The summed E-state index contributed by atoms with van der Waals surface area (Å²) in [6, 6.07) is 10.7. The molecule has 2 aliphatic heterocycles. The van der Waals surface area contributed by atoms with E-state index in [9.17, 15) is 9.59 Å². The Kier molecular flexibility index (Phi) is 6.45. The van der Waals surface area contributed by atoms with Crippen LogP contribution in [0.25, 0.3) is 0 Å². The first kappa shape index (κ1) is 17.9. The molecule has 5 nitrogen and oxygen atoms in total. The minimum Gasteiger partial charge on any atom is -0.343 e. The van der Waals surface area contributed by atoms with Gasteiger partial charge in [0.25, 0.3) is 0 Å². The van der Waals surface area contributed by atoms with E-state index in [1.54, 1.807) is 4.90 Å². The number of piperidine rings is 1. The maximum absolute atomic E-state index is 12.5. The van der Waals surface area contributed by atoms with Gasteiger partial charge in [0.05, 0.1) is 0 Å². The smallest absolute Gasteiger partial charge is 0.223 e. The number of likely N-dealkylation sites (tertiary alicyclic amines) is 1. The first-order valence-electron chi connectivity index (χ1n) is 9.48. The molecule has 2 heterocycles. The Bertz CT molecular complexity index is 547. The van der Waals surface area contributed by atoms with Crippen LogP contribution in [-0.4, -0.2) is 72.8 Å². The van der Waals surface area contributed by atoms with E-state index in [0.717, 1.165) is 71.5 Å². The summed E-state index contributed by atoms with van der Waals surface area (Å²) in [5, 5.41) is 0. The van der Waals surface area contributed by atoms with Gasteiger partial charge in [-0.2, -0.15) is 0 Å². The van der Waals surface area contributed by atoms with Crippen molar-refractivity contribution in [2.24, 2.45) is 5.92 Å².